The molecule has 0 bridgehead atoms. The van der Waals surface area contributed by atoms with E-state index in [1.807, 2.05) is 0 Å². The van der Waals surface area contributed by atoms with E-state index < -0.39 is 10.1 Å². The smallest absolute Gasteiger partial charge is 0.181 e. The van der Waals surface area contributed by atoms with Crippen LogP contribution in [0.3, 0.4) is 0 Å². The first-order valence-corrected chi connectivity index (χ1v) is 12.1. The van der Waals surface area contributed by atoms with Crippen molar-refractivity contribution in [3.05, 3.63) is 30.1 Å². The maximum Gasteiger partial charge on any atom is 0.181 e. The first-order chi connectivity index (χ1) is 12.4. The number of pyridine rings is 1. The van der Waals surface area contributed by atoms with Gasteiger partial charge in [0.05, 0.1) is 10.1 Å². The third kappa shape index (κ3) is 17.9. The summed E-state index contributed by atoms with van der Waals surface area (Å²) in [5.41, 5.74) is 1.51. The first kappa shape index (κ1) is 25.1. The zero-order valence-electron chi connectivity index (χ0n) is 17.1. The Hall–Kier alpha value is -0.940. The van der Waals surface area contributed by atoms with Gasteiger partial charge in [-0.3, -0.25) is 0 Å². The van der Waals surface area contributed by atoms with Crippen molar-refractivity contribution in [2.45, 2.75) is 97.4 Å². The zero-order valence-corrected chi connectivity index (χ0v) is 17.9. The van der Waals surface area contributed by atoms with Crippen molar-refractivity contribution >= 4 is 10.1 Å². The molecule has 5 heteroatoms. The van der Waals surface area contributed by atoms with E-state index in [1.165, 1.54) is 89.3 Å². The number of aromatic nitrogens is 1. The monoisotopic (exact) mass is 385 g/mol. The van der Waals surface area contributed by atoms with Crippen LogP contribution in [0.4, 0.5) is 0 Å². The fraction of sp³-hybridized carbons (Fsp3) is 0.762. The standard InChI is InChI=1S/C20H36N.CH4O3S/c1-3-5-7-8-9-10-11-12-14-18-21-19-15-13-17-20(21)16-6-4-2;1-5(2,3)4/h13,15,17,19H,3-12,14,16,18H2,1-2H3;1H3,(H,2,3,4)/q+1;/p-1. The largest absolute Gasteiger partial charge is 0.748 e. The number of rotatable bonds is 13. The molecule has 1 aromatic heterocycles. The molecule has 0 spiro atoms. The molecule has 0 aromatic carbocycles. The van der Waals surface area contributed by atoms with Crippen molar-refractivity contribution in [2.24, 2.45) is 0 Å². The molecule has 152 valence electrons. The fourth-order valence-corrected chi connectivity index (χ4v) is 2.91. The van der Waals surface area contributed by atoms with Crippen LogP contribution in [0.15, 0.2) is 24.4 Å². The van der Waals surface area contributed by atoms with Crippen molar-refractivity contribution in [1.29, 1.82) is 0 Å². The Morgan fingerprint density at radius 3 is 1.88 bits per heavy atom. The minimum atomic E-state index is -3.92. The van der Waals surface area contributed by atoms with E-state index in [-0.39, 0.29) is 0 Å². The predicted octanol–water partition coefficient (Wildman–Crippen LogP) is 5.01. The van der Waals surface area contributed by atoms with Crippen LogP contribution in [0.25, 0.3) is 0 Å². The van der Waals surface area contributed by atoms with Gasteiger partial charge in [-0.25, -0.2) is 13.0 Å². The molecule has 1 heterocycles. The highest BCUT2D eigenvalue weighted by molar-refractivity contribution is 7.84. The maximum atomic E-state index is 9.08. The van der Waals surface area contributed by atoms with Gasteiger partial charge in [0.1, 0.15) is 6.54 Å². The van der Waals surface area contributed by atoms with E-state index in [2.05, 4.69) is 42.8 Å². The summed E-state index contributed by atoms with van der Waals surface area (Å²) in [5, 5.41) is 0. The summed E-state index contributed by atoms with van der Waals surface area (Å²) in [6.07, 6.45) is 19.4. The minimum Gasteiger partial charge on any atom is -0.748 e. The highest BCUT2D eigenvalue weighted by Gasteiger charge is 2.08. The summed E-state index contributed by atoms with van der Waals surface area (Å²) in [6, 6.07) is 6.64. The van der Waals surface area contributed by atoms with E-state index in [0.717, 1.165) is 0 Å². The second kappa shape index (κ2) is 16.2. The predicted molar refractivity (Wildman–Crippen MR) is 108 cm³/mol. The Balaban J connectivity index is 0.00000110. The molecular weight excluding hydrogens is 346 g/mol. The van der Waals surface area contributed by atoms with Crippen LogP contribution in [0.1, 0.15) is 90.2 Å². The molecule has 0 N–H and O–H groups in total. The molecule has 0 saturated carbocycles. The molecule has 0 unspecified atom stereocenters. The molecule has 26 heavy (non-hydrogen) atoms. The Morgan fingerprint density at radius 1 is 0.846 bits per heavy atom. The molecule has 0 aliphatic rings. The molecule has 0 atom stereocenters. The van der Waals surface area contributed by atoms with Gasteiger partial charge in [0.15, 0.2) is 11.9 Å². The minimum absolute atomic E-state index is 0.604. The van der Waals surface area contributed by atoms with Gasteiger partial charge in [0, 0.05) is 31.2 Å². The molecule has 0 radical (unpaired) electrons. The van der Waals surface area contributed by atoms with Crippen molar-refractivity contribution in [3.63, 3.8) is 0 Å². The summed E-state index contributed by atoms with van der Waals surface area (Å²) < 4.78 is 29.7. The molecule has 0 aliphatic carbocycles. The van der Waals surface area contributed by atoms with Gasteiger partial charge in [-0.1, -0.05) is 71.3 Å². The van der Waals surface area contributed by atoms with Crippen molar-refractivity contribution in [2.75, 3.05) is 6.26 Å². The van der Waals surface area contributed by atoms with Crippen LogP contribution in [0, 0.1) is 0 Å². The normalized spacial score (nSPS) is 11.1. The molecule has 0 saturated heterocycles. The van der Waals surface area contributed by atoms with Crippen LogP contribution in [0.2, 0.25) is 0 Å². The number of aryl methyl sites for hydroxylation is 2. The summed E-state index contributed by atoms with van der Waals surface area (Å²) in [7, 11) is -3.92. The highest BCUT2D eigenvalue weighted by Crippen LogP contribution is 2.09. The Labute approximate surface area is 161 Å². The van der Waals surface area contributed by atoms with Crippen LogP contribution in [0.5, 0.6) is 0 Å². The van der Waals surface area contributed by atoms with E-state index in [4.69, 9.17) is 13.0 Å². The number of hydrogen-bond acceptors (Lipinski definition) is 3. The molecule has 0 fully saturated rings. The molecule has 0 aliphatic heterocycles. The third-order valence-electron chi connectivity index (χ3n) is 4.32. The van der Waals surface area contributed by atoms with E-state index in [9.17, 15) is 0 Å². The number of nitrogens with zero attached hydrogens (tertiary/aromatic N) is 1. The van der Waals surface area contributed by atoms with E-state index in [0.29, 0.717) is 6.26 Å². The van der Waals surface area contributed by atoms with Crippen LogP contribution >= 0.6 is 0 Å². The SMILES string of the molecule is CCCCCCCCCCC[n+]1ccccc1CCCC.CS(=O)(=O)[O-]. The van der Waals surface area contributed by atoms with E-state index in [1.54, 1.807) is 0 Å². The Kier molecular flexibility index (Phi) is 15.7. The van der Waals surface area contributed by atoms with Crippen LogP contribution < -0.4 is 4.57 Å². The lowest BCUT2D eigenvalue weighted by Gasteiger charge is -2.04. The zero-order chi connectivity index (χ0) is 19.7. The molecule has 1 rings (SSSR count). The lowest BCUT2D eigenvalue weighted by Crippen LogP contribution is -2.37. The molecule has 0 amide bonds. The number of hydrogen-bond donors (Lipinski definition) is 0. The molecule has 1 aromatic rings. The summed E-state index contributed by atoms with van der Waals surface area (Å²) in [5.74, 6) is 0. The maximum absolute atomic E-state index is 9.08. The Morgan fingerprint density at radius 2 is 1.35 bits per heavy atom. The average Bonchev–Trinajstić information content (AvgIpc) is 2.58. The topological polar surface area (TPSA) is 61.1 Å². The summed E-state index contributed by atoms with van der Waals surface area (Å²) >= 11 is 0. The van der Waals surface area contributed by atoms with Gasteiger partial charge in [0.2, 0.25) is 0 Å². The lowest BCUT2D eigenvalue weighted by atomic mass is 10.1. The van der Waals surface area contributed by atoms with Gasteiger partial charge in [-0.15, -0.1) is 0 Å². The third-order valence-corrected chi connectivity index (χ3v) is 4.32. The molecular formula is C21H39NO3S. The van der Waals surface area contributed by atoms with Crippen LogP contribution in [-0.2, 0) is 23.1 Å². The van der Waals surface area contributed by atoms with Crippen molar-refractivity contribution < 1.29 is 17.5 Å². The van der Waals surface area contributed by atoms with Gasteiger partial charge in [0.25, 0.3) is 0 Å². The second-order valence-electron chi connectivity index (χ2n) is 7.02. The lowest BCUT2D eigenvalue weighted by molar-refractivity contribution is -0.704. The summed E-state index contributed by atoms with van der Waals surface area (Å²) in [4.78, 5) is 0. The highest BCUT2D eigenvalue weighted by atomic mass is 32.2. The second-order valence-corrected chi connectivity index (χ2v) is 8.43. The first-order valence-electron chi connectivity index (χ1n) is 10.3. The van der Waals surface area contributed by atoms with Crippen molar-refractivity contribution in [3.8, 4) is 0 Å². The average molecular weight is 386 g/mol. The van der Waals surface area contributed by atoms with Crippen molar-refractivity contribution in [1.82, 2.24) is 0 Å². The van der Waals surface area contributed by atoms with Crippen LogP contribution in [-0.4, -0.2) is 19.2 Å². The quantitative estimate of drug-likeness (QED) is 0.272. The van der Waals surface area contributed by atoms with E-state index >= 15 is 0 Å². The molecule has 4 nitrogen and oxygen atoms in total. The van der Waals surface area contributed by atoms with Gasteiger partial charge in [-0.05, 0) is 12.8 Å². The fourth-order valence-electron chi connectivity index (χ4n) is 2.91. The summed E-state index contributed by atoms with van der Waals surface area (Å²) in [6.45, 7) is 5.76. The number of unbranched alkanes of at least 4 members (excludes halogenated alkanes) is 9. The van der Waals surface area contributed by atoms with Gasteiger partial charge < -0.3 is 4.55 Å². The van der Waals surface area contributed by atoms with Gasteiger partial charge >= 0.3 is 0 Å². The van der Waals surface area contributed by atoms with Gasteiger partial charge in [-0.2, -0.15) is 0 Å². The Bertz CT molecular complexity index is 536.